The summed E-state index contributed by atoms with van der Waals surface area (Å²) in [5, 5.41) is 17.4. The molecule has 0 saturated heterocycles. The zero-order valence-corrected chi connectivity index (χ0v) is 9.43. The fourth-order valence-electron chi connectivity index (χ4n) is 2.17. The second-order valence-electron chi connectivity index (χ2n) is 4.71. The topological polar surface area (TPSA) is 50.9 Å². The van der Waals surface area contributed by atoms with E-state index >= 15 is 0 Å². The van der Waals surface area contributed by atoms with Gasteiger partial charge in [0.15, 0.2) is 0 Å². The fraction of sp³-hybridized carbons (Fsp3) is 0.818. The molecule has 0 spiro atoms. The highest BCUT2D eigenvalue weighted by molar-refractivity contribution is 4.96. The molecule has 0 radical (unpaired) electrons. The van der Waals surface area contributed by atoms with Crippen molar-refractivity contribution in [3.05, 3.63) is 11.9 Å². The Morgan fingerprint density at radius 2 is 2.07 bits per heavy atom. The minimum atomic E-state index is -0.513. The van der Waals surface area contributed by atoms with Crippen LogP contribution in [0.2, 0.25) is 0 Å². The fourth-order valence-corrected chi connectivity index (χ4v) is 2.17. The van der Waals surface area contributed by atoms with Crippen LogP contribution in [0, 0.1) is 5.92 Å². The van der Waals surface area contributed by atoms with Crippen LogP contribution in [0.3, 0.4) is 0 Å². The number of aromatic nitrogens is 3. The summed E-state index contributed by atoms with van der Waals surface area (Å²) >= 11 is 0. The van der Waals surface area contributed by atoms with E-state index in [2.05, 4.69) is 17.2 Å². The Labute approximate surface area is 90.3 Å². The molecule has 0 bridgehead atoms. The molecular formula is C11H19N3O. The molecule has 1 aromatic heterocycles. The number of hydrogen-bond donors (Lipinski definition) is 1. The van der Waals surface area contributed by atoms with Crippen LogP contribution in [0.1, 0.15) is 57.4 Å². The zero-order valence-electron chi connectivity index (χ0n) is 9.43. The maximum absolute atomic E-state index is 9.36. The van der Waals surface area contributed by atoms with E-state index in [1.54, 1.807) is 6.92 Å². The molecule has 1 aliphatic carbocycles. The summed E-state index contributed by atoms with van der Waals surface area (Å²) in [5.41, 5.74) is 0.675. The van der Waals surface area contributed by atoms with Crippen LogP contribution in [0.5, 0.6) is 0 Å². The first-order valence-corrected chi connectivity index (χ1v) is 5.76. The monoisotopic (exact) mass is 209 g/mol. The van der Waals surface area contributed by atoms with Crippen LogP contribution in [0.4, 0.5) is 0 Å². The van der Waals surface area contributed by atoms with E-state index in [1.165, 1.54) is 25.7 Å². The molecule has 4 heteroatoms. The normalized spacial score (nSPS) is 29.0. The van der Waals surface area contributed by atoms with Gasteiger partial charge < -0.3 is 5.11 Å². The number of aliphatic hydroxyl groups is 1. The Bertz CT molecular complexity index is 313. The van der Waals surface area contributed by atoms with Crippen molar-refractivity contribution >= 4 is 0 Å². The minimum absolute atomic E-state index is 0.487. The van der Waals surface area contributed by atoms with E-state index in [0.717, 1.165) is 5.92 Å². The molecule has 84 valence electrons. The molecule has 0 aliphatic heterocycles. The Balaban J connectivity index is 2.03. The van der Waals surface area contributed by atoms with E-state index in [9.17, 15) is 5.11 Å². The maximum Gasteiger partial charge on any atom is 0.111 e. The quantitative estimate of drug-likeness (QED) is 0.811. The third-order valence-electron chi connectivity index (χ3n) is 3.32. The van der Waals surface area contributed by atoms with Crippen LogP contribution in [0.25, 0.3) is 0 Å². The van der Waals surface area contributed by atoms with Gasteiger partial charge in [0.1, 0.15) is 5.69 Å². The first-order valence-electron chi connectivity index (χ1n) is 5.76. The van der Waals surface area contributed by atoms with Crippen molar-refractivity contribution < 1.29 is 5.11 Å². The third-order valence-corrected chi connectivity index (χ3v) is 3.32. The molecule has 1 N–H and O–H groups in total. The van der Waals surface area contributed by atoms with Gasteiger partial charge in [-0.15, -0.1) is 5.10 Å². The van der Waals surface area contributed by atoms with Gasteiger partial charge in [0.05, 0.1) is 18.3 Å². The molecule has 1 heterocycles. The van der Waals surface area contributed by atoms with Gasteiger partial charge in [-0.2, -0.15) is 0 Å². The predicted octanol–water partition coefficient (Wildman–Crippen LogP) is 2.08. The van der Waals surface area contributed by atoms with Gasteiger partial charge in [0, 0.05) is 0 Å². The lowest BCUT2D eigenvalue weighted by Crippen LogP contribution is -2.17. The van der Waals surface area contributed by atoms with Gasteiger partial charge in [-0.3, -0.25) is 0 Å². The average Bonchev–Trinajstić information content (AvgIpc) is 2.68. The summed E-state index contributed by atoms with van der Waals surface area (Å²) < 4.78 is 1.92. The Morgan fingerprint density at radius 3 is 2.60 bits per heavy atom. The molecule has 1 unspecified atom stereocenters. The van der Waals surface area contributed by atoms with Gasteiger partial charge in [-0.05, 0) is 38.5 Å². The van der Waals surface area contributed by atoms with Gasteiger partial charge in [-0.1, -0.05) is 12.1 Å². The van der Waals surface area contributed by atoms with E-state index < -0.39 is 6.10 Å². The molecule has 0 amide bonds. The zero-order chi connectivity index (χ0) is 10.8. The predicted molar refractivity (Wildman–Crippen MR) is 57.3 cm³/mol. The Hall–Kier alpha value is -0.900. The van der Waals surface area contributed by atoms with E-state index in [4.69, 9.17) is 0 Å². The first-order chi connectivity index (χ1) is 7.16. The van der Waals surface area contributed by atoms with Gasteiger partial charge in [-0.25, -0.2) is 4.68 Å². The number of nitrogens with zero attached hydrogens (tertiary/aromatic N) is 3. The van der Waals surface area contributed by atoms with Crippen LogP contribution in [-0.4, -0.2) is 20.1 Å². The third kappa shape index (κ3) is 2.37. The SMILES string of the molecule is CC1CCC(n2cc(C(C)O)nn2)CC1. The van der Waals surface area contributed by atoms with Crippen molar-refractivity contribution in [3.8, 4) is 0 Å². The lowest BCUT2D eigenvalue weighted by atomic mass is 9.87. The second-order valence-corrected chi connectivity index (χ2v) is 4.71. The first kappa shape index (κ1) is 10.6. The summed E-state index contributed by atoms with van der Waals surface area (Å²) in [5.74, 6) is 0.848. The summed E-state index contributed by atoms with van der Waals surface area (Å²) in [7, 11) is 0. The molecule has 15 heavy (non-hydrogen) atoms. The van der Waals surface area contributed by atoms with Gasteiger partial charge >= 0.3 is 0 Å². The summed E-state index contributed by atoms with van der Waals surface area (Å²) in [6, 6.07) is 0.487. The van der Waals surface area contributed by atoms with Gasteiger partial charge in [0.25, 0.3) is 0 Å². The van der Waals surface area contributed by atoms with Crippen molar-refractivity contribution in [2.45, 2.75) is 51.7 Å². The largest absolute Gasteiger partial charge is 0.387 e. The highest BCUT2D eigenvalue weighted by atomic mass is 16.3. The van der Waals surface area contributed by atoms with E-state index in [1.807, 2.05) is 10.9 Å². The van der Waals surface area contributed by atoms with Crippen LogP contribution >= 0.6 is 0 Å². The van der Waals surface area contributed by atoms with Crippen LogP contribution < -0.4 is 0 Å². The van der Waals surface area contributed by atoms with Crippen molar-refractivity contribution in [2.75, 3.05) is 0 Å². The smallest absolute Gasteiger partial charge is 0.111 e. The number of hydrogen-bond acceptors (Lipinski definition) is 3. The molecule has 1 aromatic rings. The summed E-state index contributed by atoms with van der Waals surface area (Å²) in [4.78, 5) is 0. The molecule has 4 nitrogen and oxygen atoms in total. The summed E-state index contributed by atoms with van der Waals surface area (Å²) in [6.07, 6.45) is 6.28. The standard InChI is InChI=1S/C11H19N3O/c1-8-3-5-10(6-4-8)14-7-11(9(2)15)12-13-14/h7-10,15H,3-6H2,1-2H3. The van der Waals surface area contributed by atoms with E-state index in [-0.39, 0.29) is 0 Å². The van der Waals surface area contributed by atoms with Crippen LogP contribution in [-0.2, 0) is 0 Å². The molecule has 0 aromatic carbocycles. The summed E-state index contributed by atoms with van der Waals surface area (Å²) in [6.45, 7) is 4.02. The molecule has 1 aliphatic rings. The Morgan fingerprint density at radius 1 is 1.40 bits per heavy atom. The van der Waals surface area contributed by atoms with Crippen LogP contribution in [0.15, 0.2) is 6.20 Å². The average molecular weight is 209 g/mol. The molecule has 2 rings (SSSR count). The van der Waals surface area contributed by atoms with Gasteiger partial charge in [0.2, 0.25) is 0 Å². The molecule has 1 saturated carbocycles. The lowest BCUT2D eigenvalue weighted by Gasteiger charge is -2.25. The Kier molecular flexibility index (Phi) is 3.05. The number of rotatable bonds is 2. The van der Waals surface area contributed by atoms with Crippen molar-refractivity contribution in [2.24, 2.45) is 5.92 Å². The van der Waals surface area contributed by atoms with Crippen molar-refractivity contribution in [1.29, 1.82) is 0 Å². The van der Waals surface area contributed by atoms with E-state index in [0.29, 0.717) is 11.7 Å². The minimum Gasteiger partial charge on any atom is -0.387 e. The second kappa shape index (κ2) is 4.31. The molecular weight excluding hydrogens is 190 g/mol. The lowest BCUT2D eigenvalue weighted by molar-refractivity contribution is 0.194. The molecule has 1 fully saturated rings. The highest BCUT2D eigenvalue weighted by Gasteiger charge is 2.21. The van der Waals surface area contributed by atoms with Crippen molar-refractivity contribution in [3.63, 3.8) is 0 Å². The molecule has 1 atom stereocenters. The number of aliphatic hydroxyl groups excluding tert-OH is 1. The highest BCUT2D eigenvalue weighted by Crippen LogP contribution is 2.31. The van der Waals surface area contributed by atoms with Crippen molar-refractivity contribution in [1.82, 2.24) is 15.0 Å². The maximum atomic E-state index is 9.36.